The minimum Gasteiger partial charge on any atom is -0.488 e. The van der Waals surface area contributed by atoms with Gasteiger partial charge in [0, 0.05) is 68.1 Å². The Morgan fingerprint density at radius 1 is 1.00 bits per heavy atom. The largest absolute Gasteiger partial charge is 0.488 e. The molecular weight excluding hydrogens is 430 g/mol. The quantitative estimate of drug-likeness (QED) is 0.616. The van der Waals surface area contributed by atoms with Crippen LogP contribution >= 0.6 is 0 Å². The molecule has 0 radical (unpaired) electrons. The summed E-state index contributed by atoms with van der Waals surface area (Å²) < 4.78 is 12.1. The molecule has 9 heteroatoms. The van der Waals surface area contributed by atoms with E-state index in [2.05, 4.69) is 49.2 Å². The van der Waals surface area contributed by atoms with Gasteiger partial charge in [0.25, 0.3) is 0 Å². The Morgan fingerprint density at radius 3 is 2.68 bits per heavy atom. The average molecular weight is 462 g/mol. The molecule has 0 bridgehead atoms. The number of benzene rings is 1. The maximum atomic E-state index is 6.55. The lowest BCUT2D eigenvalue weighted by molar-refractivity contribution is 0.122. The molecule has 1 aliphatic carbocycles. The van der Waals surface area contributed by atoms with Crippen molar-refractivity contribution in [2.75, 3.05) is 43.6 Å². The van der Waals surface area contributed by atoms with Crippen molar-refractivity contribution in [3.63, 3.8) is 0 Å². The zero-order valence-electron chi connectivity index (χ0n) is 19.6. The van der Waals surface area contributed by atoms with Gasteiger partial charge in [-0.2, -0.15) is 0 Å². The van der Waals surface area contributed by atoms with Crippen LogP contribution in [0.1, 0.15) is 36.9 Å². The van der Waals surface area contributed by atoms with Crippen molar-refractivity contribution < 1.29 is 9.47 Å². The highest BCUT2D eigenvalue weighted by molar-refractivity contribution is 5.85. The molecule has 6 rings (SSSR count). The second kappa shape index (κ2) is 9.31. The monoisotopic (exact) mass is 461 g/mol. The molecule has 0 amide bonds. The van der Waals surface area contributed by atoms with Gasteiger partial charge in [-0.05, 0) is 38.8 Å². The summed E-state index contributed by atoms with van der Waals surface area (Å²) >= 11 is 0. The zero-order chi connectivity index (χ0) is 22.9. The van der Waals surface area contributed by atoms with Crippen LogP contribution in [0.25, 0.3) is 11.0 Å². The second-order valence-electron chi connectivity index (χ2n) is 9.54. The van der Waals surface area contributed by atoms with Gasteiger partial charge in [0.05, 0.1) is 30.5 Å². The number of anilines is 2. The number of hydrogen-bond acceptors (Lipinski definition) is 9. The first kappa shape index (κ1) is 21.5. The van der Waals surface area contributed by atoms with Gasteiger partial charge in [0.2, 0.25) is 5.95 Å². The highest BCUT2D eigenvalue weighted by atomic mass is 16.5. The number of aromatic nitrogens is 4. The van der Waals surface area contributed by atoms with Crippen LogP contribution in [-0.2, 0) is 17.8 Å². The topological polar surface area (TPSA) is 88.5 Å². The van der Waals surface area contributed by atoms with Crippen molar-refractivity contribution in [2.24, 2.45) is 0 Å². The van der Waals surface area contributed by atoms with E-state index >= 15 is 0 Å². The van der Waals surface area contributed by atoms with Gasteiger partial charge in [0.1, 0.15) is 11.3 Å². The predicted molar refractivity (Wildman–Crippen MR) is 130 cm³/mol. The Morgan fingerprint density at radius 2 is 1.82 bits per heavy atom. The van der Waals surface area contributed by atoms with E-state index in [1.165, 1.54) is 5.56 Å². The first-order valence-electron chi connectivity index (χ1n) is 12.3. The van der Waals surface area contributed by atoms with E-state index in [1.807, 2.05) is 6.20 Å². The van der Waals surface area contributed by atoms with Crippen LogP contribution in [0, 0.1) is 0 Å². The van der Waals surface area contributed by atoms with Crippen molar-refractivity contribution in [1.82, 2.24) is 24.8 Å². The van der Waals surface area contributed by atoms with E-state index in [4.69, 9.17) is 14.5 Å². The Hall–Kier alpha value is -3.04. The number of hydrogen-bond donors (Lipinski definition) is 1. The molecule has 3 aromatic rings. The number of rotatable bonds is 5. The van der Waals surface area contributed by atoms with Gasteiger partial charge in [-0.15, -0.1) is 0 Å². The molecule has 1 saturated carbocycles. The van der Waals surface area contributed by atoms with E-state index in [0.717, 1.165) is 99.2 Å². The van der Waals surface area contributed by atoms with Crippen LogP contribution in [0.15, 0.2) is 30.7 Å². The van der Waals surface area contributed by atoms with Crippen molar-refractivity contribution in [3.05, 3.63) is 42.0 Å². The molecule has 0 atom stereocenters. The van der Waals surface area contributed by atoms with Crippen molar-refractivity contribution >= 4 is 22.7 Å². The van der Waals surface area contributed by atoms with Crippen LogP contribution in [0.3, 0.4) is 0 Å². The lowest BCUT2D eigenvalue weighted by atomic mass is 9.93. The number of nitrogens with zero attached hydrogens (tertiary/aromatic N) is 6. The van der Waals surface area contributed by atoms with Crippen LogP contribution in [0.4, 0.5) is 11.6 Å². The summed E-state index contributed by atoms with van der Waals surface area (Å²) in [5.41, 5.74) is 5.21. The maximum absolute atomic E-state index is 6.55. The van der Waals surface area contributed by atoms with E-state index in [0.29, 0.717) is 6.04 Å². The van der Waals surface area contributed by atoms with E-state index in [1.54, 1.807) is 12.4 Å². The highest BCUT2D eigenvalue weighted by Crippen LogP contribution is 2.33. The molecule has 2 aromatic heterocycles. The summed E-state index contributed by atoms with van der Waals surface area (Å²) in [6, 6.07) is 4.60. The SMILES string of the molecule is CN1Cc2cnc(N[C@H]3CC[C@@H](Oc4cc(N5CCOCC5)cc5nccnc45)CC3)nc2C1. The van der Waals surface area contributed by atoms with Gasteiger partial charge in [-0.3, -0.25) is 9.88 Å². The molecule has 3 aliphatic rings. The maximum Gasteiger partial charge on any atom is 0.223 e. The highest BCUT2D eigenvalue weighted by Gasteiger charge is 2.25. The Bertz CT molecular complexity index is 1160. The molecule has 4 heterocycles. The van der Waals surface area contributed by atoms with Crippen LogP contribution in [-0.4, -0.2) is 70.3 Å². The smallest absolute Gasteiger partial charge is 0.223 e. The summed E-state index contributed by atoms with van der Waals surface area (Å²) in [5.74, 6) is 1.58. The molecule has 178 valence electrons. The summed E-state index contributed by atoms with van der Waals surface area (Å²) in [6.07, 6.45) is 9.62. The molecule has 2 aliphatic heterocycles. The van der Waals surface area contributed by atoms with E-state index in [9.17, 15) is 0 Å². The number of nitrogens with one attached hydrogen (secondary N) is 1. The summed E-state index contributed by atoms with van der Waals surface area (Å²) in [6.45, 7) is 5.08. The third-order valence-electron chi connectivity index (χ3n) is 7.01. The number of morpholine rings is 1. The minimum absolute atomic E-state index is 0.165. The summed E-state index contributed by atoms with van der Waals surface area (Å²) in [4.78, 5) is 23.0. The summed E-state index contributed by atoms with van der Waals surface area (Å²) in [7, 11) is 2.11. The second-order valence-corrected chi connectivity index (χ2v) is 9.54. The standard InChI is InChI=1S/C25H31N7O2/c1-31-15-17-14-28-25(30-22(17)16-31)29-18-2-4-20(5-3-18)34-23-13-19(32-8-10-33-11-9-32)12-21-24(23)27-7-6-26-21/h6-7,12-14,18,20H,2-5,8-11,15-16H2,1H3,(H,28,29,30)/t18-,20+. The molecule has 2 fully saturated rings. The molecular formula is C25H31N7O2. The molecule has 34 heavy (non-hydrogen) atoms. The molecule has 9 nitrogen and oxygen atoms in total. The fourth-order valence-corrected chi connectivity index (χ4v) is 5.19. The third-order valence-corrected chi connectivity index (χ3v) is 7.01. The Kier molecular flexibility index (Phi) is 5.88. The van der Waals surface area contributed by atoms with Crippen LogP contribution in [0.2, 0.25) is 0 Å². The van der Waals surface area contributed by atoms with Gasteiger partial charge in [0.15, 0.2) is 0 Å². The Balaban J connectivity index is 1.12. The normalized spacial score (nSPS) is 23.1. The van der Waals surface area contributed by atoms with Crippen LogP contribution < -0.4 is 15.0 Å². The van der Waals surface area contributed by atoms with E-state index < -0.39 is 0 Å². The van der Waals surface area contributed by atoms with Crippen LogP contribution in [0.5, 0.6) is 5.75 Å². The number of fused-ring (bicyclic) bond motifs is 2. The average Bonchev–Trinajstić information content (AvgIpc) is 3.25. The Labute approximate surface area is 199 Å². The van der Waals surface area contributed by atoms with Gasteiger partial charge < -0.3 is 19.7 Å². The first-order valence-corrected chi connectivity index (χ1v) is 12.3. The van der Waals surface area contributed by atoms with Gasteiger partial charge in [-0.1, -0.05) is 0 Å². The summed E-state index contributed by atoms with van der Waals surface area (Å²) in [5, 5.41) is 3.55. The zero-order valence-corrected chi connectivity index (χ0v) is 19.6. The third kappa shape index (κ3) is 4.50. The molecule has 1 N–H and O–H groups in total. The molecule has 0 spiro atoms. The molecule has 1 saturated heterocycles. The van der Waals surface area contributed by atoms with Gasteiger partial charge >= 0.3 is 0 Å². The molecule has 0 unspecified atom stereocenters. The predicted octanol–water partition coefficient (Wildman–Crippen LogP) is 3.00. The number of ether oxygens (including phenoxy) is 2. The van der Waals surface area contributed by atoms with Crippen molar-refractivity contribution in [3.8, 4) is 5.75 Å². The fraction of sp³-hybridized carbons (Fsp3) is 0.520. The van der Waals surface area contributed by atoms with Crippen molar-refractivity contribution in [2.45, 2.75) is 50.9 Å². The van der Waals surface area contributed by atoms with Crippen molar-refractivity contribution in [1.29, 1.82) is 0 Å². The lowest BCUT2D eigenvalue weighted by Gasteiger charge is -2.31. The first-order chi connectivity index (χ1) is 16.7. The lowest BCUT2D eigenvalue weighted by Crippen LogP contribution is -2.36. The molecule has 1 aromatic carbocycles. The van der Waals surface area contributed by atoms with E-state index in [-0.39, 0.29) is 6.10 Å². The fourth-order valence-electron chi connectivity index (χ4n) is 5.19. The minimum atomic E-state index is 0.165. The van der Waals surface area contributed by atoms with Gasteiger partial charge in [-0.25, -0.2) is 15.0 Å².